The summed E-state index contributed by atoms with van der Waals surface area (Å²) < 4.78 is 10.2. The molecule has 0 aromatic carbocycles. The molecule has 0 radical (unpaired) electrons. The van der Waals surface area contributed by atoms with Crippen LogP contribution in [0.25, 0.3) is 0 Å². The predicted octanol–water partition coefficient (Wildman–Crippen LogP) is 0.560. The summed E-state index contributed by atoms with van der Waals surface area (Å²) in [5.74, 6) is 6.63. The van der Waals surface area contributed by atoms with Gasteiger partial charge in [-0.1, -0.05) is 0 Å². The number of aryl methyl sites for hydroxylation is 1. The van der Waals surface area contributed by atoms with Crippen molar-refractivity contribution in [1.29, 1.82) is 0 Å². The van der Waals surface area contributed by atoms with Gasteiger partial charge in [-0.25, -0.2) is 10.8 Å². The van der Waals surface area contributed by atoms with E-state index in [1.807, 2.05) is 13.0 Å². The molecule has 0 amide bonds. The molecule has 0 aliphatic rings. The molecule has 0 unspecified atom stereocenters. The number of anilines is 2. The highest BCUT2D eigenvalue weighted by atomic mass is 16.5. The summed E-state index contributed by atoms with van der Waals surface area (Å²) in [6.07, 6.45) is 0.925. The van der Waals surface area contributed by atoms with Gasteiger partial charge in [-0.05, 0) is 13.3 Å². The van der Waals surface area contributed by atoms with Gasteiger partial charge in [0, 0.05) is 45.7 Å². The van der Waals surface area contributed by atoms with Crippen LogP contribution in [0.3, 0.4) is 0 Å². The highest BCUT2D eigenvalue weighted by Crippen LogP contribution is 2.14. The smallest absolute Gasteiger partial charge is 0.239 e. The Kier molecular flexibility index (Phi) is 7.09. The van der Waals surface area contributed by atoms with E-state index in [0.29, 0.717) is 12.6 Å². The molecule has 0 atom stereocenters. The summed E-state index contributed by atoms with van der Waals surface area (Å²) >= 11 is 0. The zero-order valence-corrected chi connectivity index (χ0v) is 11.8. The SMILES string of the molecule is COCCCN(CCOC)c1cc(C)nc(NN)n1. The van der Waals surface area contributed by atoms with E-state index < -0.39 is 0 Å². The number of hydrazine groups is 1. The van der Waals surface area contributed by atoms with Crippen LogP contribution < -0.4 is 16.2 Å². The molecule has 1 heterocycles. The molecule has 0 aliphatic heterocycles. The second-order valence-electron chi connectivity index (χ2n) is 4.16. The fraction of sp³-hybridized carbons (Fsp3) is 0.667. The number of rotatable bonds is 9. The number of hydrogen-bond donors (Lipinski definition) is 2. The van der Waals surface area contributed by atoms with Crippen molar-refractivity contribution >= 4 is 11.8 Å². The molecule has 0 saturated carbocycles. The maximum atomic E-state index is 5.37. The Morgan fingerprint density at radius 2 is 1.95 bits per heavy atom. The Morgan fingerprint density at radius 1 is 1.21 bits per heavy atom. The van der Waals surface area contributed by atoms with Crippen molar-refractivity contribution in [2.45, 2.75) is 13.3 Å². The van der Waals surface area contributed by atoms with E-state index in [-0.39, 0.29) is 0 Å². The number of aromatic nitrogens is 2. The number of methoxy groups -OCH3 is 2. The van der Waals surface area contributed by atoms with Gasteiger partial charge in [-0.2, -0.15) is 4.98 Å². The van der Waals surface area contributed by atoms with Gasteiger partial charge >= 0.3 is 0 Å². The summed E-state index contributed by atoms with van der Waals surface area (Å²) in [4.78, 5) is 10.7. The molecular formula is C12H23N5O2. The van der Waals surface area contributed by atoms with Crippen LogP contribution in [0.4, 0.5) is 11.8 Å². The highest BCUT2D eigenvalue weighted by molar-refractivity contribution is 5.44. The number of nitrogens with two attached hydrogens (primary N) is 1. The quantitative estimate of drug-likeness (QED) is 0.385. The van der Waals surface area contributed by atoms with Crippen LogP contribution in [0.2, 0.25) is 0 Å². The Morgan fingerprint density at radius 3 is 2.58 bits per heavy atom. The average molecular weight is 269 g/mol. The van der Waals surface area contributed by atoms with E-state index in [1.54, 1.807) is 14.2 Å². The van der Waals surface area contributed by atoms with E-state index in [4.69, 9.17) is 15.3 Å². The largest absolute Gasteiger partial charge is 0.385 e. The van der Waals surface area contributed by atoms with E-state index in [2.05, 4.69) is 20.3 Å². The van der Waals surface area contributed by atoms with Gasteiger partial charge in [0.15, 0.2) is 0 Å². The van der Waals surface area contributed by atoms with Crippen molar-refractivity contribution in [3.63, 3.8) is 0 Å². The van der Waals surface area contributed by atoms with Crippen molar-refractivity contribution in [2.24, 2.45) is 5.84 Å². The number of nitrogens with one attached hydrogen (secondary N) is 1. The molecule has 1 aromatic rings. The zero-order chi connectivity index (χ0) is 14.1. The van der Waals surface area contributed by atoms with Gasteiger partial charge in [-0.15, -0.1) is 0 Å². The maximum Gasteiger partial charge on any atom is 0.239 e. The normalized spacial score (nSPS) is 10.5. The summed E-state index contributed by atoms with van der Waals surface area (Å²) in [5.41, 5.74) is 3.35. The van der Waals surface area contributed by atoms with Gasteiger partial charge < -0.3 is 14.4 Å². The molecule has 108 valence electrons. The highest BCUT2D eigenvalue weighted by Gasteiger charge is 2.10. The average Bonchev–Trinajstić information content (AvgIpc) is 2.42. The minimum absolute atomic E-state index is 0.421. The van der Waals surface area contributed by atoms with Gasteiger partial charge in [0.2, 0.25) is 5.95 Å². The lowest BCUT2D eigenvalue weighted by molar-refractivity contribution is 0.191. The minimum atomic E-state index is 0.421. The molecule has 1 rings (SSSR count). The molecule has 0 bridgehead atoms. The number of nitrogens with zero attached hydrogens (tertiary/aromatic N) is 3. The Hall–Kier alpha value is -1.44. The molecule has 7 heteroatoms. The fourth-order valence-electron chi connectivity index (χ4n) is 1.72. The maximum absolute atomic E-state index is 5.37. The van der Waals surface area contributed by atoms with Crippen LogP contribution in [0, 0.1) is 6.92 Å². The molecular weight excluding hydrogens is 246 g/mol. The van der Waals surface area contributed by atoms with Crippen molar-refractivity contribution in [3.05, 3.63) is 11.8 Å². The van der Waals surface area contributed by atoms with Crippen molar-refractivity contribution in [1.82, 2.24) is 9.97 Å². The molecule has 0 aliphatic carbocycles. The monoisotopic (exact) mass is 269 g/mol. The Balaban J connectivity index is 2.79. The summed E-state index contributed by atoms with van der Waals surface area (Å²) in [7, 11) is 3.39. The molecule has 0 spiro atoms. The first kappa shape index (κ1) is 15.6. The Bertz CT molecular complexity index is 375. The lowest BCUT2D eigenvalue weighted by Crippen LogP contribution is -2.30. The number of hydrogen-bond acceptors (Lipinski definition) is 7. The van der Waals surface area contributed by atoms with Crippen molar-refractivity contribution in [2.75, 3.05) is 50.8 Å². The second kappa shape index (κ2) is 8.63. The zero-order valence-electron chi connectivity index (χ0n) is 11.8. The summed E-state index contributed by atoms with van der Waals surface area (Å²) in [5, 5.41) is 0. The van der Waals surface area contributed by atoms with E-state index in [1.165, 1.54) is 0 Å². The van der Waals surface area contributed by atoms with Crippen molar-refractivity contribution in [3.8, 4) is 0 Å². The lowest BCUT2D eigenvalue weighted by atomic mass is 10.3. The van der Waals surface area contributed by atoms with E-state index in [9.17, 15) is 0 Å². The summed E-state index contributed by atoms with van der Waals surface area (Å²) in [6, 6.07) is 1.93. The first-order valence-electron chi connectivity index (χ1n) is 6.26. The third-order valence-corrected chi connectivity index (χ3v) is 2.64. The third kappa shape index (κ3) is 5.37. The van der Waals surface area contributed by atoms with Crippen LogP contribution in [-0.4, -0.2) is 50.5 Å². The molecule has 0 fully saturated rings. The van der Waals surface area contributed by atoms with Crippen LogP contribution in [0.15, 0.2) is 6.07 Å². The minimum Gasteiger partial charge on any atom is -0.385 e. The molecule has 1 aromatic heterocycles. The van der Waals surface area contributed by atoms with E-state index in [0.717, 1.165) is 37.6 Å². The van der Waals surface area contributed by atoms with Gasteiger partial charge in [0.05, 0.1) is 6.61 Å². The van der Waals surface area contributed by atoms with Crippen molar-refractivity contribution < 1.29 is 9.47 Å². The number of ether oxygens (including phenoxy) is 2. The second-order valence-corrected chi connectivity index (χ2v) is 4.16. The molecule has 7 nitrogen and oxygen atoms in total. The predicted molar refractivity (Wildman–Crippen MR) is 75.2 cm³/mol. The van der Waals surface area contributed by atoms with Gasteiger partial charge in [-0.3, -0.25) is 5.43 Å². The first-order valence-corrected chi connectivity index (χ1v) is 6.26. The topological polar surface area (TPSA) is 85.5 Å². The van der Waals surface area contributed by atoms with Crippen LogP contribution in [-0.2, 0) is 9.47 Å². The summed E-state index contributed by atoms with van der Waals surface area (Å²) in [6.45, 7) is 4.88. The number of nitrogen functional groups attached to an aromatic ring is 1. The van der Waals surface area contributed by atoms with Crippen LogP contribution >= 0.6 is 0 Å². The molecule has 0 saturated heterocycles. The van der Waals surface area contributed by atoms with Gasteiger partial charge in [0.1, 0.15) is 5.82 Å². The van der Waals surface area contributed by atoms with Crippen LogP contribution in [0.5, 0.6) is 0 Å². The lowest BCUT2D eigenvalue weighted by Gasteiger charge is -2.23. The van der Waals surface area contributed by atoms with E-state index >= 15 is 0 Å². The standard InChI is InChI=1S/C12H23N5O2/c1-10-9-11(15-12(14-10)16-13)17(6-8-19-3)5-4-7-18-2/h9H,4-8,13H2,1-3H3,(H,14,15,16). The van der Waals surface area contributed by atoms with Gasteiger partial charge in [0.25, 0.3) is 0 Å². The fourth-order valence-corrected chi connectivity index (χ4v) is 1.72. The first-order chi connectivity index (χ1) is 9.21. The molecule has 3 N–H and O–H groups in total. The van der Waals surface area contributed by atoms with Crippen LogP contribution in [0.1, 0.15) is 12.1 Å². The molecule has 19 heavy (non-hydrogen) atoms. The third-order valence-electron chi connectivity index (χ3n) is 2.64. The Labute approximate surface area is 114 Å².